The number of anilines is 1. The van der Waals surface area contributed by atoms with Gasteiger partial charge in [0.2, 0.25) is 0 Å². The zero-order valence-corrected chi connectivity index (χ0v) is 10.7. The first-order chi connectivity index (χ1) is 9.24. The van der Waals surface area contributed by atoms with Gasteiger partial charge in [0.15, 0.2) is 0 Å². The minimum absolute atomic E-state index is 0.317. The molecule has 0 aliphatic heterocycles. The molecule has 2 heterocycles. The molecule has 96 valence electrons. The summed E-state index contributed by atoms with van der Waals surface area (Å²) in [6.07, 6.45) is 3.60. The maximum absolute atomic E-state index is 13.6. The Kier molecular flexibility index (Phi) is 3.09. The molecule has 3 nitrogen and oxygen atoms in total. The third-order valence-corrected chi connectivity index (χ3v) is 3.17. The fourth-order valence-corrected chi connectivity index (χ4v) is 2.15. The lowest BCUT2D eigenvalue weighted by Crippen LogP contribution is -2.00. The van der Waals surface area contributed by atoms with Gasteiger partial charge in [-0.15, -0.1) is 0 Å². The summed E-state index contributed by atoms with van der Waals surface area (Å²) < 4.78 is 13.6. The third kappa shape index (κ3) is 2.39. The average molecular weight is 276 g/mol. The van der Waals surface area contributed by atoms with Crippen molar-refractivity contribution in [2.75, 3.05) is 5.32 Å². The van der Waals surface area contributed by atoms with Crippen LogP contribution in [-0.4, -0.2) is 9.97 Å². The minimum atomic E-state index is -0.317. The van der Waals surface area contributed by atoms with Crippen LogP contribution in [-0.2, 0) is 6.54 Å². The molecule has 19 heavy (non-hydrogen) atoms. The second-order valence-corrected chi connectivity index (χ2v) is 4.63. The van der Waals surface area contributed by atoms with Crippen molar-refractivity contribution in [2.45, 2.75) is 6.54 Å². The van der Waals surface area contributed by atoms with Gasteiger partial charge < -0.3 is 10.3 Å². The third-order valence-electron chi connectivity index (χ3n) is 2.93. The maximum Gasteiger partial charge on any atom is 0.146 e. The lowest BCUT2D eigenvalue weighted by Gasteiger charge is -2.07. The van der Waals surface area contributed by atoms with Gasteiger partial charge in [0.05, 0.1) is 5.69 Å². The maximum atomic E-state index is 13.6. The van der Waals surface area contributed by atoms with Gasteiger partial charge in [-0.2, -0.15) is 0 Å². The summed E-state index contributed by atoms with van der Waals surface area (Å²) in [6, 6.07) is 8.30. The molecular weight excluding hydrogens is 265 g/mol. The van der Waals surface area contributed by atoms with E-state index in [0.717, 1.165) is 16.6 Å². The number of benzene rings is 1. The molecule has 0 amide bonds. The first-order valence-electron chi connectivity index (χ1n) is 5.84. The Hall–Kier alpha value is -2.07. The van der Waals surface area contributed by atoms with Gasteiger partial charge >= 0.3 is 0 Å². The van der Waals surface area contributed by atoms with Gasteiger partial charge in [-0.25, -0.2) is 9.37 Å². The first kappa shape index (κ1) is 12.0. The second kappa shape index (κ2) is 4.90. The molecule has 0 bridgehead atoms. The van der Waals surface area contributed by atoms with Crippen molar-refractivity contribution >= 4 is 28.3 Å². The summed E-state index contributed by atoms with van der Waals surface area (Å²) in [5, 5.41) is 4.57. The molecule has 0 radical (unpaired) electrons. The quantitative estimate of drug-likeness (QED) is 0.759. The van der Waals surface area contributed by atoms with Crippen LogP contribution in [0.2, 0.25) is 5.02 Å². The molecule has 1 aromatic carbocycles. The molecule has 0 atom stereocenters. The number of hydrogen-bond acceptors (Lipinski definition) is 2. The number of fused-ring (bicyclic) bond motifs is 1. The van der Waals surface area contributed by atoms with Gasteiger partial charge in [-0.1, -0.05) is 11.6 Å². The van der Waals surface area contributed by atoms with Gasteiger partial charge in [0.25, 0.3) is 0 Å². The van der Waals surface area contributed by atoms with Crippen molar-refractivity contribution in [1.29, 1.82) is 0 Å². The van der Waals surface area contributed by atoms with Crippen LogP contribution in [0.1, 0.15) is 5.56 Å². The Morgan fingerprint density at radius 3 is 3.11 bits per heavy atom. The van der Waals surface area contributed by atoms with E-state index in [1.165, 1.54) is 12.1 Å². The standard InChI is InChI=1S/C14H11ClFN3/c15-10-3-4-12(16)13(6-10)18-7-9-8-19-14-11(9)2-1-5-17-14/h1-6,8,18H,7H2,(H,17,19). The van der Waals surface area contributed by atoms with E-state index in [1.54, 1.807) is 12.3 Å². The molecule has 0 aliphatic rings. The number of pyridine rings is 1. The summed E-state index contributed by atoms with van der Waals surface area (Å²) in [4.78, 5) is 7.29. The monoisotopic (exact) mass is 275 g/mol. The Bertz CT molecular complexity index is 724. The number of hydrogen-bond donors (Lipinski definition) is 2. The summed E-state index contributed by atoms with van der Waals surface area (Å²) in [6.45, 7) is 0.503. The first-order valence-corrected chi connectivity index (χ1v) is 6.22. The Morgan fingerprint density at radius 2 is 2.21 bits per heavy atom. The van der Waals surface area contributed by atoms with Crippen LogP contribution >= 0.6 is 11.6 Å². The van der Waals surface area contributed by atoms with Crippen LogP contribution in [0.3, 0.4) is 0 Å². The van der Waals surface area contributed by atoms with E-state index in [0.29, 0.717) is 17.3 Å². The fourth-order valence-electron chi connectivity index (χ4n) is 1.98. The summed E-state index contributed by atoms with van der Waals surface area (Å²) >= 11 is 5.85. The van der Waals surface area contributed by atoms with Gasteiger partial charge in [-0.05, 0) is 35.9 Å². The van der Waals surface area contributed by atoms with Crippen molar-refractivity contribution in [2.24, 2.45) is 0 Å². The Labute approximate surface area is 114 Å². The van der Waals surface area contributed by atoms with Crippen molar-refractivity contribution in [3.8, 4) is 0 Å². The van der Waals surface area contributed by atoms with Crippen LogP contribution in [0.15, 0.2) is 42.7 Å². The number of H-pyrrole nitrogens is 1. The van der Waals surface area contributed by atoms with E-state index >= 15 is 0 Å². The molecule has 0 aliphatic carbocycles. The van der Waals surface area contributed by atoms with Gasteiger partial charge in [-0.3, -0.25) is 0 Å². The van der Waals surface area contributed by atoms with E-state index in [9.17, 15) is 4.39 Å². The van der Waals surface area contributed by atoms with E-state index < -0.39 is 0 Å². The average Bonchev–Trinajstić information content (AvgIpc) is 2.83. The fraction of sp³-hybridized carbons (Fsp3) is 0.0714. The highest BCUT2D eigenvalue weighted by Crippen LogP contribution is 2.22. The number of nitrogens with one attached hydrogen (secondary N) is 2. The summed E-state index contributed by atoms with van der Waals surface area (Å²) in [5.41, 5.74) is 2.25. The Morgan fingerprint density at radius 1 is 1.32 bits per heavy atom. The highest BCUT2D eigenvalue weighted by molar-refractivity contribution is 6.30. The SMILES string of the molecule is Fc1ccc(Cl)cc1NCc1c[nH]c2ncccc12. The predicted octanol–water partition coefficient (Wildman–Crippen LogP) is 3.97. The minimum Gasteiger partial charge on any atom is -0.378 e. The molecule has 0 saturated carbocycles. The second-order valence-electron chi connectivity index (χ2n) is 4.19. The molecule has 0 fully saturated rings. The number of aromatic nitrogens is 2. The topological polar surface area (TPSA) is 40.7 Å². The van der Waals surface area contributed by atoms with Crippen LogP contribution in [0.5, 0.6) is 0 Å². The Balaban J connectivity index is 1.84. The van der Waals surface area contributed by atoms with Crippen molar-refractivity contribution in [3.63, 3.8) is 0 Å². The lowest BCUT2D eigenvalue weighted by atomic mass is 10.2. The molecule has 0 unspecified atom stereocenters. The highest BCUT2D eigenvalue weighted by Gasteiger charge is 2.06. The van der Waals surface area contributed by atoms with Crippen molar-refractivity contribution in [3.05, 3.63) is 59.1 Å². The zero-order chi connectivity index (χ0) is 13.2. The normalized spacial score (nSPS) is 10.8. The van der Waals surface area contributed by atoms with Gasteiger partial charge in [0, 0.05) is 29.3 Å². The smallest absolute Gasteiger partial charge is 0.146 e. The van der Waals surface area contributed by atoms with Crippen LogP contribution in [0.25, 0.3) is 11.0 Å². The molecule has 2 aromatic heterocycles. The lowest BCUT2D eigenvalue weighted by molar-refractivity contribution is 0.630. The zero-order valence-electron chi connectivity index (χ0n) is 9.95. The van der Waals surface area contributed by atoms with E-state index in [-0.39, 0.29) is 5.82 Å². The van der Waals surface area contributed by atoms with Crippen LogP contribution < -0.4 is 5.32 Å². The number of halogens is 2. The largest absolute Gasteiger partial charge is 0.378 e. The number of rotatable bonds is 3. The van der Waals surface area contributed by atoms with Crippen molar-refractivity contribution in [1.82, 2.24) is 9.97 Å². The van der Waals surface area contributed by atoms with E-state index in [1.807, 2.05) is 18.3 Å². The number of nitrogens with zero attached hydrogens (tertiary/aromatic N) is 1. The highest BCUT2D eigenvalue weighted by atomic mass is 35.5. The molecule has 0 spiro atoms. The van der Waals surface area contributed by atoms with Crippen LogP contribution in [0, 0.1) is 5.82 Å². The predicted molar refractivity (Wildman–Crippen MR) is 74.8 cm³/mol. The molecule has 5 heteroatoms. The molecule has 3 rings (SSSR count). The van der Waals surface area contributed by atoms with Crippen molar-refractivity contribution < 1.29 is 4.39 Å². The van der Waals surface area contributed by atoms with E-state index in [4.69, 9.17) is 11.6 Å². The number of aromatic amines is 1. The molecular formula is C14H11ClFN3. The van der Waals surface area contributed by atoms with E-state index in [2.05, 4.69) is 15.3 Å². The molecule has 2 N–H and O–H groups in total. The van der Waals surface area contributed by atoms with Crippen LogP contribution in [0.4, 0.5) is 10.1 Å². The summed E-state index contributed by atoms with van der Waals surface area (Å²) in [5.74, 6) is -0.317. The molecule has 3 aromatic rings. The summed E-state index contributed by atoms with van der Waals surface area (Å²) in [7, 11) is 0. The molecule has 0 saturated heterocycles. The van der Waals surface area contributed by atoms with Gasteiger partial charge in [0.1, 0.15) is 11.5 Å².